The highest BCUT2D eigenvalue weighted by Gasteiger charge is 2.47. The fourth-order valence-electron chi connectivity index (χ4n) is 10.5. The maximum atomic E-state index is 6.61. The van der Waals surface area contributed by atoms with Crippen LogP contribution in [0, 0.1) is 0 Å². The van der Waals surface area contributed by atoms with Crippen LogP contribution in [0.3, 0.4) is 0 Å². The van der Waals surface area contributed by atoms with Crippen LogP contribution in [0.1, 0.15) is 22.3 Å². The lowest BCUT2D eigenvalue weighted by Crippen LogP contribution is -2.28. The van der Waals surface area contributed by atoms with Crippen LogP contribution in [-0.2, 0) is 5.41 Å². The molecule has 3 heteroatoms. The van der Waals surface area contributed by atoms with Crippen molar-refractivity contribution >= 4 is 81.3 Å². The highest BCUT2D eigenvalue weighted by Crippen LogP contribution is 2.59. The number of hydrogen-bond acceptors (Lipinski definition) is 3. The van der Waals surface area contributed by atoms with Gasteiger partial charge in [-0.05, 0) is 98.9 Å². The molecule has 2 heterocycles. The molecule has 12 aromatic rings. The van der Waals surface area contributed by atoms with Gasteiger partial charge in [-0.2, -0.15) is 0 Å². The molecule has 0 saturated heterocycles. The molecular formula is C59H37NOS. The molecule has 290 valence electrons. The van der Waals surface area contributed by atoms with Gasteiger partial charge in [-0.1, -0.05) is 170 Å². The van der Waals surface area contributed by atoms with Crippen LogP contribution in [0.5, 0.6) is 0 Å². The lowest BCUT2D eigenvalue weighted by Gasteiger charge is -2.34. The molecule has 0 aliphatic heterocycles. The van der Waals surface area contributed by atoms with Crippen molar-refractivity contribution in [1.82, 2.24) is 0 Å². The predicted octanol–water partition coefficient (Wildman–Crippen LogP) is 16.6. The number of nitrogens with zero attached hydrogens (tertiary/aromatic N) is 1. The third-order valence-corrected chi connectivity index (χ3v) is 14.3. The van der Waals surface area contributed by atoms with Crippen molar-refractivity contribution in [3.63, 3.8) is 0 Å². The minimum atomic E-state index is -0.509. The first-order valence-electron chi connectivity index (χ1n) is 21.2. The molecule has 0 spiro atoms. The molecule has 13 rings (SSSR count). The number of anilines is 3. The minimum absolute atomic E-state index is 0.509. The Balaban J connectivity index is 1.05. The topological polar surface area (TPSA) is 16.4 Å². The van der Waals surface area contributed by atoms with Gasteiger partial charge >= 0.3 is 0 Å². The van der Waals surface area contributed by atoms with Gasteiger partial charge in [0.15, 0.2) is 0 Å². The second-order valence-electron chi connectivity index (χ2n) is 16.3. The van der Waals surface area contributed by atoms with Crippen LogP contribution in [0.15, 0.2) is 229 Å². The summed E-state index contributed by atoms with van der Waals surface area (Å²) < 4.78 is 9.20. The van der Waals surface area contributed by atoms with Crippen molar-refractivity contribution in [2.75, 3.05) is 4.90 Å². The molecular weight excluding hydrogens is 771 g/mol. The Morgan fingerprint density at radius 2 is 1.06 bits per heavy atom. The summed E-state index contributed by atoms with van der Waals surface area (Å²) in [7, 11) is 0. The van der Waals surface area contributed by atoms with E-state index in [9.17, 15) is 0 Å². The van der Waals surface area contributed by atoms with Gasteiger partial charge in [0, 0.05) is 53.3 Å². The van der Waals surface area contributed by atoms with Gasteiger partial charge < -0.3 is 9.32 Å². The van der Waals surface area contributed by atoms with Crippen molar-refractivity contribution in [3.05, 3.63) is 247 Å². The molecule has 10 aromatic carbocycles. The smallest absolute Gasteiger partial charge is 0.143 e. The molecule has 0 amide bonds. The molecule has 0 fully saturated rings. The molecule has 2 nitrogen and oxygen atoms in total. The Morgan fingerprint density at radius 1 is 0.419 bits per heavy atom. The van der Waals surface area contributed by atoms with E-state index in [4.69, 9.17) is 4.42 Å². The average Bonchev–Trinajstić information content (AvgIpc) is 4.01. The van der Waals surface area contributed by atoms with Crippen LogP contribution >= 0.6 is 11.3 Å². The predicted molar refractivity (Wildman–Crippen MR) is 262 cm³/mol. The number of fused-ring (bicyclic) bond motifs is 11. The van der Waals surface area contributed by atoms with Crippen LogP contribution in [0.4, 0.5) is 17.1 Å². The van der Waals surface area contributed by atoms with Gasteiger partial charge in [0.2, 0.25) is 0 Å². The quantitative estimate of drug-likeness (QED) is 0.166. The second kappa shape index (κ2) is 13.7. The highest BCUT2D eigenvalue weighted by atomic mass is 32.1. The van der Waals surface area contributed by atoms with Crippen LogP contribution in [0.25, 0.3) is 75.1 Å². The molecule has 0 atom stereocenters. The SMILES string of the molecule is c1ccc(C2(c3ccccc3)c3ccccc3-c3c(N(c4ccc(-c5cccc6oc7c8ccccc8ccc7c56)cc4)c4ccc5sc6ccccc6c5c4)cccc32)cc1. The summed E-state index contributed by atoms with van der Waals surface area (Å²) in [6, 6.07) is 82.3. The number of thiophene rings is 1. The Bertz CT molecular complexity index is 3650. The van der Waals surface area contributed by atoms with E-state index in [0.29, 0.717) is 0 Å². The molecule has 1 aliphatic carbocycles. The normalized spacial score (nSPS) is 13.0. The molecule has 0 saturated carbocycles. The Morgan fingerprint density at radius 3 is 1.89 bits per heavy atom. The van der Waals surface area contributed by atoms with Gasteiger partial charge in [-0.25, -0.2) is 0 Å². The first-order chi connectivity index (χ1) is 30.8. The highest BCUT2D eigenvalue weighted by molar-refractivity contribution is 7.25. The molecule has 1 aliphatic rings. The first kappa shape index (κ1) is 35.1. The van der Waals surface area contributed by atoms with Gasteiger partial charge in [0.1, 0.15) is 11.2 Å². The molecule has 2 aromatic heterocycles. The lowest BCUT2D eigenvalue weighted by molar-refractivity contribution is 0.673. The van der Waals surface area contributed by atoms with Crippen molar-refractivity contribution in [1.29, 1.82) is 0 Å². The Labute approximate surface area is 363 Å². The van der Waals surface area contributed by atoms with Crippen molar-refractivity contribution in [3.8, 4) is 22.3 Å². The molecule has 62 heavy (non-hydrogen) atoms. The zero-order chi connectivity index (χ0) is 40.8. The van der Waals surface area contributed by atoms with Gasteiger partial charge in [-0.15, -0.1) is 11.3 Å². The van der Waals surface area contributed by atoms with Crippen molar-refractivity contribution < 1.29 is 4.42 Å². The Kier molecular flexibility index (Phi) is 7.72. The van der Waals surface area contributed by atoms with Crippen molar-refractivity contribution in [2.45, 2.75) is 5.41 Å². The number of furan rings is 1. The van der Waals surface area contributed by atoms with Gasteiger partial charge in [0.25, 0.3) is 0 Å². The molecule has 0 bridgehead atoms. The third kappa shape index (κ3) is 5.03. The lowest BCUT2D eigenvalue weighted by atomic mass is 9.68. The van der Waals surface area contributed by atoms with E-state index in [1.54, 1.807) is 0 Å². The van der Waals surface area contributed by atoms with E-state index >= 15 is 0 Å². The number of benzene rings is 10. The summed E-state index contributed by atoms with van der Waals surface area (Å²) in [6.45, 7) is 0. The second-order valence-corrected chi connectivity index (χ2v) is 17.4. The minimum Gasteiger partial charge on any atom is -0.455 e. The maximum Gasteiger partial charge on any atom is 0.143 e. The number of hydrogen-bond donors (Lipinski definition) is 0. The van der Waals surface area contributed by atoms with E-state index < -0.39 is 5.41 Å². The van der Waals surface area contributed by atoms with Crippen LogP contribution in [-0.4, -0.2) is 0 Å². The summed E-state index contributed by atoms with van der Waals surface area (Å²) in [5.74, 6) is 0. The van der Waals surface area contributed by atoms with E-state index in [1.807, 2.05) is 11.3 Å². The summed E-state index contributed by atoms with van der Waals surface area (Å²) in [5.41, 5.74) is 14.6. The van der Waals surface area contributed by atoms with Gasteiger partial charge in [0.05, 0.1) is 11.1 Å². The fraction of sp³-hybridized carbons (Fsp3) is 0.0169. The average molecular weight is 808 g/mol. The molecule has 0 radical (unpaired) electrons. The van der Waals surface area contributed by atoms with Crippen LogP contribution in [0.2, 0.25) is 0 Å². The van der Waals surface area contributed by atoms with E-state index in [1.165, 1.54) is 58.9 Å². The number of rotatable bonds is 6. The zero-order valence-corrected chi connectivity index (χ0v) is 34.4. The van der Waals surface area contributed by atoms with E-state index in [2.05, 4.69) is 229 Å². The first-order valence-corrected chi connectivity index (χ1v) is 22.1. The standard InChI is InChI=1S/C59H37NOS/c1-3-16-40(17-4-1)59(41-18-5-2-6-19-41)50-24-11-9-22-47(50)57-51(59)25-14-26-52(57)60(43-34-36-55-49(37-43)46-21-10-12-28-54(46)62-55)42-32-29-39(30-33-42)44-23-13-27-53-56(44)48-35-31-38-15-7-8-20-45(38)58(48)61-53/h1-37H. The Hall–Kier alpha value is -7.72. The largest absolute Gasteiger partial charge is 0.455 e. The fourth-order valence-corrected chi connectivity index (χ4v) is 11.6. The summed E-state index contributed by atoms with van der Waals surface area (Å²) in [5, 5.41) is 7.14. The van der Waals surface area contributed by atoms with E-state index in [-0.39, 0.29) is 0 Å². The summed E-state index contributed by atoms with van der Waals surface area (Å²) in [4.78, 5) is 2.48. The maximum absolute atomic E-state index is 6.61. The zero-order valence-electron chi connectivity index (χ0n) is 33.6. The van der Waals surface area contributed by atoms with Gasteiger partial charge in [-0.3, -0.25) is 0 Å². The molecule has 0 unspecified atom stereocenters. The van der Waals surface area contributed by atoms with Crippen molar-refractivity contribution in [2.24, 2.45) is 0 Å². The van der Waals surface area contributed by atoms with Crippen LogP contribution < -0.4 is 4.90 Å². The summed E-state index contributed by atoms with van der Waals surface area (Å²) >= 11 is 1.86. The third-order valence-electron chi connectivity index (χ3n) is 13.1. The monoisotopic (exact) mass is 807 g/mol. The summed E-state index contributed by atoms with van der Waals surface area (Å²) in [6.07, 6.45) is 0. The van der Waals surface area contributed by atoms with E-state index in [0.717, 1.165) is 55.5 Å². The molecule has 0 N–H and O–H groups in total.